The van der Waals surface area contributed by atoms with E-state index in [1.54, 1.807) is 30.3 Å². The number of rotatable bonds is 7. The Balaban J connectivity index is 2.02. The Morgan fingerprint density at radius 2 is 1.67 bits per heavy atom. The fourth-order valence-corrected chi connectivity index (χ4v) is 2.58. The molecule has 0 heterocycles. The fraction of sp³-hybridized carbons (Fsp3) is 0.211. The van der Waals surface area contributed by atoms with Gasteiger partial charge in [0.2, 0.25) is 0 Å². The third-order valence-electron chi connectivity index (χ3n) is 3.64. The average Bonchev–Trinajstić information content (AvgIpc) is 2.67. The van der Waals surface area contributed by atoms with Gasteiger partial charge >= 0.3 is 5.97 Å². The molecule has 7 nitrogen and oxygen atoms in total. The largest absolute Gasteiger partial charge is 0.481 e. The standard InChI is InChI=1S/C19H19BrN2O5/c1-2-5-16(27-13-10-8-12(20)9-11-13)18(24)22-21-17(23)14-6-3-4-7-15(14)19(25)26/h3-4,6-11,16H,2,5H2,1H3,(H,21,23)(H,22,24)(H,25,26)/t16-/m1/s1. The number of amides is 2. The summed E-state index contributed by atoms with van der Waals surface area (Å²) >= 11 is 3.33. The SMILES string of the molecule is CCC[C@@H](Oc1ccc(Br)cc1)C(=O)NNC(=O)c1ccccc1C(=O)O. The molecule has 2 rings (SSSR count). The maximum absolute atomic E-state index is 12.4. The predicted octanol–water partition coefficient (Wildman–Crippen LogP) is 3.16. The zero-order chi connectivity index (χ0) is 19.8. The number of hydrogen-bond acceptors (Lipinski definition) is 4. The first-order valence-electron chi connectivity index (χ1n) is 8.27. The molecule has 0 aliphatic heterocycles. The number of carboxylic acid groups (broad SMARTS) is 1. The van der Waals surface area contributed by atoms with Crippen LogP contribution in [-0.2, 0) is 4.79 Å². The van der Waals surface area contributed by atoms with Gasteiger partial charge in [-0.3, -0.25) is 20.4 Å². The third kappa shape index (κ3) is 5.82. The van der Waals surface area contributed by atoms with Gasteiger partial charge in [-0.15, -0.1) is 0 Å². The zero-order valence-electron chi connectivity index (χ0n) is 14.6. The van der Waals surface area contributed by atoms with Gasteiger partial charge in [-0.2, -0.15) is 0 Å². The Morgan fingerprint density at radius 1 is 1.04 bits per heavy atom. The summed E-state index contributed by atoms with van der Waals surface area (Å²) < 4.78 is 6.58. The number of carbonyl (C=O) groups is 3. The zero-order valence-corrected chi connectivity index (χ0v) is 16.2. The van der Waals surface area contributed by atoms with E-state index in [1.165, 1.54) is 18.2 Å². The van der Waals surface area contributed by atoms with Crippen LogP contribution in [-0.4, -0.2) is 29.0 Å². The van der Waals surface area contributed by atoms with Gasteiger partial charge in [0.1, 0.15) is 5.75 Å². The van der Waals surface area contributed by atoms with Gasteiger partial charge in [0.05, 0.1) is 11.1 Å². The van der Waals surface area contributed by atoms with E-state index in [4.69, 9.17) is 9.84 Å². The molecule has 2 amide bonds. The molecule has 0 aromatic heterocycles. The van der Waals surface area contributed by atoms with Gasteiger partial charge in [-0.25, -0.2) is 4.79 Å². The van der Waals surface area contributed by atoms with Crippen LogP contribution in [0.15, 0.2) is 53.0 Å². The summed E-state index contributed by atoms with van der Waals surface area (Å²) in [5, 5.41) is 9.14. The minimum atomic E-state index is -1.23. The van der Waals surface area contributed by atoms with Crippen molar-refractivity contribution < 1.29 is 24.2 Å². The Kier molecular flexibility index (Phi) is 7.36. The highest BCUT2D eigenvalue weighted by atomic mass is 79.9. The molecule has 0 fully saturated rings. The molecule has 0 unspecified atom stereocenters. The predicted molar refractivity (Wildman–Crippen MR) is 102 cm³/mol. The van der Waals surface area contributed by atoms with Crippen molar-refractivity contribution >= 4 is 33.7 Å². The summed E-state index contributed by atoms with van der Waals surface area (Å²) in [5.41, 5.74) is 4.33. The maximum atomic E-state index is 12.4. The molecular formula is C19H19BrN2O5. The lowest BCUT2D eigenvalue weighted by Crippen LogP contribution is -2.48. The van der Waals surface area contributed by atoms with Crippen molar-refractivity contribution in [1.29, 1.82) is 0 Å². The first-order valence-corrected chi connectivity index (χ1v) is 9.06. The lowest BCUT2D eigenvalue weighted by molar-refractivity contribution is -0.129. The van der Waals surface area contributed by atoms with E-state index in [0.717, 1.165) is 4.47 Å². The van der Waals surface area contributed by atoms with Crippen LogP contribution in [0.3, 0.4) is 0 Å². The number of aromatic carboxylic acids is 1. The van der Waals surface area contributed by atoms with Crippen molar-refractivity contribution in [2.45, 2.75) is 25.9 Å². The van der Waals surface area contributed by atoms with Crippen molar-refractivity contribution in [3.63, 3.8) is 0 Å². The first-order chi connectivity index (χ1) is 12.9. The smallest absolute Gasteiger partial charge is 0.336 e. The normalized spacial score (nSPS) is 11.3. The summed E-state index contributed by atoms with van der Waals surface area (Å²) in [5.74, 6) is -1.95. The minimum Gasteiger partial charge on any atom is -0.481 e. The third-order valence-corrected chi connectivity index (χ3v) is 4.17. The molecule has 0 saturated heterocycles. The first kappa shape index (κ1) is 20.4. The summed E-state index contributed by atoms with van der Waals surface area (Å²) in [6.45, 7) is 1.91. The van der Waals surface area contributed by atoms with Crippen LogP contribution in [0.5, 0.6) is 5.75 Å². The fourth-order valence-electron chi connectivity index (χ4n) is 2.32. The van der Waals surface area contributed by atoms with E-state index in [9.17, 15) is 14.4 Å². The van der Waals surface area contributed by atoms with Gasteiger partial charge in [-0.1, -0.05) is 41.4 Å². The molecular weight excluding hydrogens is 416 g/mol. The molecule has 0 radical (unpaired) electrons. The van der Waals surface area contributed by atoms with Crippen LogP contribution in [0.4, 0.5) is 0 Å². The van der Waals surface area contributed by atoms with Gasteiger partial charge in [-0.05, 0) is 42.8 Å². The van der Waals surface area contributed by atoms with E-state index < -0.39 is 23.9 Å². The van der Waals surface area contributed by atoms with E-state index >= 15 is 0 Å². The van der Waals surface area contributed by atoms with E-state index in [0.29, 0.717) is 18.6 Å². The number of hydrogen-bond donors (Lipinski definition) is 3. The quantitative estimate of drug-likeness (QED) is 0.580. The molecule has 0 bridgehead atoms. The van der Waals surface area contributed by atoms with Crippen molar-refractivity contribution in [2.24, 2.45) is 0 Å². The van der Waals surface area contributed by atoms with Gasteiger partial charge in [0.15, 0.2) is 6.10 Å². The highest BCUT2D eigenvalue weighted by Crippen LogP contribution is 2.18. The topological polar surface area (TPSA) is 105 Å². The van der Waals surface area contributed by atoms with Crippen LogP contribution >= 0.6 is 15.9 Å². The molecule has 0 aliphatic carbocycles. The molecule has 2 aromatic carbocycles. The number of benzene rings is 2. The molecule has 8 heteroatoms. The molecule has 0 spiro atoms. The second kappa shape index (κ2) is 9.72. The van der Waals surface area contributed by atoms with Crippen molar-refractivity contribution in [2.75, 3.05) is 0 Å². The number of ether oxygens (including phenoxy) is 1. The van der Waals surface area contributed by atoms with Crippen LogP contribution in [0, 0.1) is 0 Å². The van der Waals surface area contributed by atoms with E-state index in [2.05, 4.69) is 26.8 Å². The Labute approximate surface area is 164 Å². The highest BCUT2D eigenvalue weighted by molar-refractivity contribution is 9.10. The summed E-state index contributed by atoms with van der Waals surface area (Å²) in [7, 11) is 0. The Morgan fingerprint density at radius 3 is 2.26 bits per heavy atom. The van der Waals surface area contributed by atoms with E-state index in [1.807, 2.05) is 6.92 Å². The second-order valence-corrected chi connectivity index (χ2v) is 6.56. The Hall–Kier alpha value is -2.87. The second-order valence-electron chi connectivity index (χ2n) is 5.64. The van der Waals surface area contributed by atoms with Crippen molar-refractivity contribution in [1.82, 2.24) is 10.9 Å². The van der Waals surface area contributed by atoms with Gasteiger partial charge < -0.3 is 9.84 Å². The molecule has 142 valence electrons. The average molecular weight is 435 g/mol. The maximum Gasteiger partial charge on any atom is 0.336 e. The lowest BCUT2D eigenvalue weighted by atomic mass is 10.1. The summed E-state index contributed by atoms with van der Waals surface area (Å²) in [6.07, 6.45) is 0.347. The van der Waals surface area contributed by atoms with Crippen LogP contribution in [0.25, 0.3) is 0 Å². The number of hydrazine groups is 1. The molecule has 1 atom stereocenters. The minimum absolute atomic E-state index is 0.0498. The van der Waals surface area contributed by atoms with Crippen molar-refractivity contribution in [3.05, 3.63) is 64.1 Å². The van der Waals surface area contributed by atoms with Crippen LogP contribution in [0.1, 0.15) is 40.5 Å². The summed E-state index contributed by atoms with van der Waals surface area (Å²) in [6, 6.07) is 12.8. The summed E-state index contributed by atoms with van der Waals surface area (Å²) in [4.78, 5) is 35.8. The van der Waals surface area contributed by atoms with E-state index in [-0.39, 0.29) is 11.1 Å². The molecule has 0 saturated carbocycles. The lowest BCUT2D eigenvalue weighted by Gasteiger charge is -2.18. The monoisotopic (exact) mass is 434 g/mol. The number of halogens is 1. The van der Waals surface area contributed by atoms with Crippen LogP contribution < -0.4 is 15.6 Å². The molecule has 0 aliphatic rings. The molecule has 2 aromatic rings. The Bertz CT molecular complexity index is 823. The highest BCUT2D eigenvalue weighted by Gasteiger charge is 2.21. The number of carbonyl (C=O) groups excluding carboxylic acids is 2. The van der Waals surface area contributed by atoms with Gasteiger partial charge in [0.25, 0.3) is 11.8 Å². The number of carboxylic acids is 1. The van der Waals surface area contributed by atoms with Crippen molar-refractivity contribution in [3.8, 4) is 5.75 Å². The molecule has 3 N–H and O–H groups in total. The molecule has 27 heavy (non-hydrogen) atoms. The van der Waals surface area contributed by atoms with Gasteiger partial charge in [0, 0.05) is 4.47 Å². The number of nitrogens with one attached hydrogen (secondary N) is 2. The van der Waals surface area contributed by atoms with Crippen LogP contribution in [0.2, 0.25) is 0 Å².